The highest BCUT2D eigenvalue weighted by Gasteiger charge is 2.20. The number of guanidine groups is 1. The van der Waals surface area contributed by atoms with E-state index in [1.165, 1.54) is 16.3 Å². The summed E-state index contributed by atoms with van der Waals surface area (Å²) in [5, 5.41) is 9.85. The van der Waals surface area contributed by atoms with Crippen LogP contribution in [0.15, 0.2) is 58.2 Å². The zero-order valence-corrected chi connectivity index (χ0v) is 17.7. The SMILES string of the molecule is CCNC(=NCc1ccc2cc(OC)ccc2c1)N1CCN(Cc2ccon2)CC1. The van der Waals surface area contributed by atoms with Crippen molar-refractivity contribution in [3.05, 3.63) is 60.0 Å². The van der Waals surface area contributed by atoms with Crippen LogP contribution in [0, 0.1) is 0 Å². The Balaban J connectivity index is 1.39. The van der Waals surface area contributed by atoms with E-state index in [0.717, 1.165) is 56.7 Å². The minimum absolute atomic E-state index is 0.656. The third-order valence-corrected chi connectivity index (χ3v) is 5.41. The monoisotopic (exact) mass is 407 g/mol. The molecule has 1 aromatic heterocycles. The molecule has 7 heteroatoms. The van der Waals surface area contributed by atoms with Gasteiger partial charge in [-0.1, -0.05) is 23.4 Å². The number of hydrogen-bond acceptors (Lipinski definition) is 5. The maximum Gasteiger partial charge on any atom is 0.194 e. The molecule has 7 nitrogen and oxygen atoms in total. The quantitative estimate of drug-likeness (QED) is 0.500. The maximum atomic E-state index is 5.31. The molecule has 1 aliphatic heterocycles. The lowest BCUT2D eigenvalue weighted by Crippen LogP contribution is -2.52. The molecule has 4 rings (SSSR count). The van der Waals surface area contributed by atoms with Gasteiger partial charge in [-0.05, 0) is 41.5 Å². The summed E-state index contributed by atoms with van der Waals surface area (Å²) >= 11 is 0. The third kappa shape index (κ3) is 4.91. The number of aromatic nitrogens is 1. The van der Waals surface area contributed by atoms with Gasteiger partial charge in [-0.25, -0.2) is 4.99 Å². The number of methoxy groups -OCH3 is 1. The van der Waals surface area contributed by atoms with Gasteiger partial charge < -0.3 is 19.5 Å². The molecule has 1 aliphatic rings. The highest BCUT2D eigenvalue weighted by atomic mass is 16.5. The van der Waals surface area contributed by atoms with E-state index in [1.807, 2.05) is 12.1 Å². The van der Waals surface area contributed by atoms with E-state index in [2.05, 4.69) is 57.5 Å². The first kappa shape index (κ1) is 20.2. The third-order valence-electron chi connectivity index (χ3n) is 5.41. The van der Waals surface area contributed by atoms with Gasteiger partial charge in [0.25, 0.3) is 0 Å². The zero-order chi connectivity index (χ0) is 20.8. The van der Waals surface area contributed by atoms with E-state index in [0.29, 0.717) is 6.54 Å². The first-order valence-corrected chi connectivity index (χ1v) is 10.5. The van der Waals surface area contributed by atoms with Gasteiger partial charge in [0, 0.05) is 45.3 Å². The van der Waals surface area contributed by atoms with Crippen LogP contribution >= 0.6 is 0 Å². The Morgan fingerprint density at radius 3 is 2.63 bits per heavy atom. The molecule has 0 radical (unpaired) electrons. The molecule has 0 saturated carbocycles. The normalized spacial score (nSPS) is 15.5. The van der Waals surface area contributed by atoms with Gasteiger partial charge in [-0.15, -0.1) is 0 Å². The van der Waals surface area contributed by atoms with Gasteiger partial charge in [0.2, 0.25) is 0 Å². The van der Waals surface area contributed by atoms with E-state index < -0.39 is 0 Å². The fourth-order valence-corrected chi connectivity index (χ4v) is 3.76. The second-order valence-corrected chi connectivity index (χ2v) is 7.47. The largest absolute Gasteiger partial charge is 0.497 e. The van der Waals surface area contributed by atoms with E-state index in [1.54, 1.807) is 13.4 Å². The van der Waals surface area contributed by atoms with Crippen molar-refractivity contribution in [1.82, 2.24) is 20.3 Å². The molecule has 0 atom stereocenters. The standard InChI is InChI=1S/C23H29N5O2/c1-3-24-23(28-11-9-27(10-12-28)17-21-8-13-30-26-21)25-16-18-4-5-20-15-22(29-2)7-6-19(20)14-18/h4-8,13-15H,3,9-12,16-17H2,1-2H3,(H,24,25). The fourth-order valence-electron chi connectivity index (χ4n) is 3.76. The molecule has 1 N–H and O–H groups in total. The minimum atomic E-state index is 0.656. The molecule has 2 heterocycles. The van der Waals surface area contributed by atoms with Crippen molar-refractivity contribution in [2.75, 3.05) is 39.8 Å². The maximum absolute atomic E-state index is 5.31. The molecule has 30 heavy (non-hydrogen) atoms. The van der Waals surface area contributed by atoms with Gasteiger partial charge in [0.05, 0.1) is 19.3 Å². The molecule has 0 bridgehead atoms. The molecular formula is C23H29N5O2. The molecule has 1 saturated heterocycles. The number of nitrogens with zero attached hydrogens (tertiary/aromatic N) is 4. The molecule has 0 aliphatic carbocycles. The number of rotatable bonds is 6. The molecule has 0 spiro atoms. The summed E-state index contributed by atoms with van der Waals surface area (Å²) in [4.78, 5) is 9.65. The van der Waals surface area contributed by atoms with Crippen molar-refractivity contribution in [2.45, 2.75) is 20.0 Å². The molecule has 2 aromatic carbocycles. The first-order valence-electron chi connectivity index (χ1n) is 10.5. The van der Waals surface area contributed by atoms with E-state index in [4.69, 9.17) is 14.3 Å². The number of aliphatic imine (C=N–C) groups is 1. The summed E-state index contributed by atoms with van der Waals surface area (Å²) in [5.74, 6) is 1.86. The van der Waals surface area contributed by atoms with Gasteiger partial charge >= 0.3 is 0 Å². The Labute approximate surface area is 177 Å². The number of benzene rings is 2. The van der Waals surface area contributed by atoms with Gasteiger partial charge in [0.1, 0.15) is 12.0 Å². The Kier molecular flexibility index (Phi) is 6.49. The van der Waals surface area contributed by atoms with Crippen LogP contribution in [0.3, 0.4) is 0 Å². The van der Waals surface area contributed by atoms with Crippen LogP contribution in [0.5, 0.6) is 5.75 Å². The lowest BCUT2D eigenvalue weighted by molar-refractivity contribution is 0.169. The van der Waals surface area contributed by atoms with Gasteiger partial charge in [0.15, 0.2) is 5.96 Å². The van der Waals surface area contributed by atoms with Crippen molar-refractivity contribution in [3.8, 4) is 5.75 Å². The lowest BCUT2D eigenvalue weighted by atomic mass is 10.1. The zero-order valence-electron chi connectivity index (χ0n) is 17.7. The molecule has 1 fully saturated rings. The average Bonchev–Trinajstić information content (AvgIpc) is 3.30. The topological polar surface area (TPSA) is 66.1 Å². The number of hydrogen-bond donors (Lipinski definition) is 1. The first-order chi connectivity index (χ1) is 14.7. The predicted octanol–water partition coefficient (Wildman–Crippen LogP) is 3.12. The van der Waals surface area contributed by atoms with Crippen LogP contribution in [-0.4, -0.2) is 60.7 Å². The van der Waals surface area contributed by atoms with E-state index in [-0.39, 0.29) is 0 Å². The summed E-state index contributed by atoms with van der Waals surface area (Å²) in [7, 11) is 1.70. The minimum Gasteiger partial charge on any atom is -0.497 e. The van der Waals surface area contributed by atoms with Crippen LogP contribution in [0.1, 0.15) is 18.2 Å². The average molecular weight is 408 g/mol. The number of piperazine rings is 1. The molecular weight excluding hydrogens is 378 g/mol. The molecule has 158 valence electrons. The molecule has 0 unspecified atom stereocenters. The summed E-state index contributed by atoms with van der Waals surface area (Å²) < 4.78 is 10.3. The molecule has 0 amide bonds. The van der Waals surface area contributed by atoms with E-state index in [9.17, 15) is 0 Å². The van der Waals surface area contributed by atoms with Crippen molar-refractivity contribution in [2.24, 2.45) is 4.99 Å². The van der Waals surface area contributed by atoms with Crippen molar-refractivity contribution >= 4 is 16.7 Å². The number of ether oxygens (including phenoxy) is 1. The van der Waals surface area contributed by atoms with Crippen molar-refractivity contribution < 1.29 is 9.26 Å². The Hall–Kier alpha value is -3.06. The van der Waals surface area contributed by atoms with Crippen molar-refractivity contribution in [1.29, 1.82) is 0 Å². The van der Waals surface area contributed by atoms with Gasteiger partial charge in [-0.3, -0.25) is 4.90 Å². The number of nitrogens with one attached hydrogen (secondary N) is 1. The summed E-state index contributed by atoms with van der Waals surface area (Å²) in [5.41, 5.74) is 2.19. The van der Waals surface area contributed by atoms with Gasteiger partial charge in [-0.2, -0.15) is 0 Å². The Bertz CT molecular complexity index is 978. The lowest BCUT2D eigenvalue weighted by Gasteiger charge is -2.36. The Morgan fingerprint density at radius 1 is 1.10 bits per heavy atom. The van der Waals surface area contributed by atoms with E-state index >= 15 is 0 Å². The van der Waals surface area contributed by atoms with Crippen LogP contribution in [-0.2, 0) is 13.1 Å². The van der Waals surface area contributed by atoms with Crippen molar-refractivity contribution in [3.63, 3.8) is 0 Å². The van der Waals surface area contributed by atoms with Crippen LogP contribution in [0.4, 0.5) is 0 Å². The second kappa shape index (κ2) is 9.63. The predicted molar refractivity (Wildman–Crippen MR) is 119 cm³/mol. The van der Waals surface area contributed by atoms with Crippen LogP contribution in [0.25, 0.3) is 10.8 Å². The summed E-state index contributed by atoms with van der Waals surface area (Å²) in [6.45, 7) is 8.31. The summed E-state index contributed by atoms with van der Waals surface area (Å²) in [6, 6.07) is 14.6. The highest BCUT2D eigenvalue weighted by Crippen LogP contribution is 2.22. The smallest absolute Gasteiger partial charge is 0.194 e. The van der Waals surface area contributed by atoms with Crippen LogP contribution < -0.4 is 10.1 Å². The second-order valence-electron chi connectivity index (χ2n) is 7.47. The number of fused-ring (bicyclic) bond motifs is 1. The summed E-state index contributed by atoms with van der Waals surface area (Å²) in [6.07, 6.45) is 1.63. The highest BCUT2D eigenvalue weighted by molar-refractivity contribution is 5.84. The Morgan fingerprint density at radius 2 is 1.90 bits per heavy atom. The fraction of sp³-hybridized carbons (Fsp3) is 0.391. The van der Waals surface area contributed by atoms with Crippen LogP contribution in [0.2, 0.25) is 0 Å². The molecule has 3 aromatic rings.